The quantitative estimate of drug-likeness (QED) is 0.522. The van der Waals surface area contributed by atoms with Crippen molar-refractivity contribution >= 4 is 28.4 Å². The SMILES string of the molecule is COc1ccc2cn(C[C@]3(c4ccc(C5=NC(C)CCC5)cc4)NC(=O)NC3=O)c(O)c2c1. The molecule has 170 valence electrons. The molecule has 33 heavy (non-hydrogen) atoms. The molecule has 3 N–H and O–H groups in total. The van der Waals surface area contributed by atoms with Crippen LogP contribution in [0.2, 0.25) is 0 Å². The maximum absolute atomic E-state index is 13.0. The van der Waals surface area contributed by atoms with Crippen molar-refractivity contribution in [3.8, 4) is 11.6 Å². The molecule has 1 saturated heterocycles. The minimum Gasteiger partial charge on any atom is -0.497 e. The van der Waals surface area contributed by atoms with E-state index in [0.29, 0.717) is 22.7 Å². The number of fused-ring (bicyclic) bond motifs is 1. The van der Waals surface area contributed by atoms with Crippen LogP contribution in [0, 0.1) is 0 Å². The van der Waals surface area contributed by atoms with Gasteiger partial charge in [-0.25, -0.2) is 4.79 Å². The molecule has 1 unspecified atom stereocenters. The number of carbonyl (C=O) groups excluding carboxylic acids is 2. The van der Waals surface area contributed by atoms with Gasteiger partial charge in [0.15, 0.2) is 11.4 Å². The van der Waals surface area contributed by atoms with Gasteiger partial charge in [0.1, 0.15) is 5.75 Å². The molecule has 0 radical (unpaired) electrons. The van der Waals surface area contributed by atoms with Crippen molar-refractivity contribution in [3.63, 3.8) is 0 Å². The largest absolute Gasteiger partial charge is 0.497 e. The van der Waals surface area contributed by atoms with Gasteiger partial charge in [0.25, 0.3) is 5.91 Å². The maximum Gasteiger partial charge on any atom is 0.322 e. The lowest BCUT2D eigenvalue weighted by Crippen LogP contribution is -2.47. The number of methoxy groups -OCH3 is 1. The summed E-state index contributed by atoms with van der Waals surface area (Å²) in [4.78, 5) is 30.0. The van der Waals surface area contributed by atoms with Gasteiger partial charge in [0.05, 0.1) is 13.7 Å². The van der Waals surface area contributed by atoms with Gasteiger partial charge in [-0.2, -0.15) is 0 Å². The number of urea groups is 1. The number of hydrogen-bond acceptors (Lipinski definition) is 5. The van der Waals surface area contributed by atoms with Crippen molar-refractivity contribution in [1.29, 1.82) is 0 Å². The van der Waals surface area contributed by atoms with Crippen molar-refractivity contribution in [1.82, 2.24) is 15.2 Å². The Morgan fingerprint density at radius 1 is 1.21 bits per heavy atom. The zero-order valence-electron chi connectivity index (χ0n) is 18.6. The lowest BCUT2D eigenvalue weighted by atomic mass is 9.88. The van der Waals surface area contributed by atoms with Crippen LogP contribution in [0.1, 0.15) is 37.3 Å². The second-order valence-corrected chi connectivity index (χ2v) is 8.74. The normalized spacial score (nSPS) is 22.7. The Morgan fingerprint density at radius 3 is 2.67 bits per heavy atom. The fraction of sp³-hybridized carbons (Fsp3) is 0.320. The van der Waals surface area contributed by atoms with E-state index in [-0.39, 0.29) is 12.4 Å². The molecule has 2 atom stereocenters. The summed E-state index contributed by atoms with van der Waals surface area (Å²) < 4.78 is 6.84. The summed E-state index contributed by atoms with van der Waals surface area (Å²) in [6.45, 7) is 2.15. The average Bonchev–Trinajstić information content (AvgIpc) is 3.28. The van der Waals surface area contributed by atoms with E-state index in [1.807, 2.05) is 30.3 Å². The number of nitrogens with one attached hydrogen (secondary N) is 2. The standard InChI is InChI=1S/C25H26N4O4/c1-15-4-3-5-21(26-15)16-6-9-18(10-7-16)25(23(31)27-24(32)28-25)14-29-13-17-8-11-19(33-2)12-20(17)22(29)30/h6-13,15,30H,3-5,14H2,1-2H3,(H2,27,28,31,32)/t15?,25-/m1/s1. The summed E-state index contributed by atoms with van der Waals surface area (Å²) in [5.41, 5.74) is 1.37. The number of hydrogen-bond donors (Lipinski definition) is 3. The van der Waals surface area contributed by atoms with Crippen LogP contribution in [-0.2, 0) is 16.9 Å². The number of aromatic nitrogens is 1. The van der Waals surface area contributed by atoms with Crippen LogP contribution in [0.3, 0.4) is 0 Å². The van der Waals surface area contributed by atoms with Crippen LogP contribution in [0.4, 0.5) is 4.79 Å². The Morgan fingerprint density at radius 2 is 2.00 bits per heavy atom. The van der Waals surface area contributed by atoms with Gasteiger partial charge < -0.3 is 19.7 Å². The first-order valence-electron chi connectivity index (χ1n) is 11.1. The lowest BCUT2D eigenvalue weighted by molar-refractivity contribution is -0.124. The van der Waals surface area contributed by atoms with E-state index >= 15 is 0 Å². The number of amides is 3. The van der Waals surface area contributed by atoms with Crippen molar-refractivity contribution in [3.05, 3.63) is 59.8 Å². The highest BCUT2D eigenvalue weighted by molar-refractivity contribution is 6.07. The van der Waals surface area contributed by atoms with Gasteiger partial charge in [0, 0.05) is 28.7 Å². The second kappa shape index (κ2) is 7.95. The first-order chi connectivity index (χ1) is 15.9. The molecule has 8 nitrogen and oxygen atoms in total. The van der Waals surface area contributed by atoms with Crippen molar-refractivity contribution in [2.45, 2.75) is 44.3 Å². The molecule has 0 bridgehead atoms. The Kier molecular flexibility index (Phi) is 5.08. The van der Waals surface area contributed by atoms with E-state index in [4.69, 9.17) is 9.73 Å². The third kappa shape index (κ3) is 3.61. The molecule has 2 aliphatic rings. The number of aliphatic imine (C=N–C) groups is 1. The van der Waals surface area contributed by atoms with Crippen LogP contribution < -0.4 is 15.4 Å². The van der Waals surface area contributed by atoms with Crippen LogP contribution in [0.15, 0.2) is 53.7 Å². The molecule has 2 aliphatic heterocycles. The van der Waals surface area contributed by atoms with Gasteiger partial charge >= 0.3 is 6.03 Å². The molecular weight excluding hydrogens is 420 g/mol. The first kappa shape index (κ1) is 21.1. The number of rotatable bonds is 5. The first-order valence-corrected chi connectivity index (χ1v) is 11.1. The fourth-order valence-corrected chi connectivity index (χ4v) is 4.75. The third-order valence-electron chi connectivity index (χ3n) is 6.54. The van der Waals surface area contributed by atoms with Gasteiger partial charge in [-0.05, 0) is 55.5 Å². The topological polar surface area (TPSA) is 105 Å². The minimum atomic E-state index is -1.35. The zero-order chi connectivity index (χ0) is 23.2. The van der Waals surface area contributed by atoms with Gasteiger partial charge in [-0.1, -0.05) is 24.3 Å². The summed E-state index contributed by atoms with van der Waals surface area (Å²) in [6, 6.07) is 12.7. The summed E-state index contributed by atoms with van der Waals surface area (Å²) in [5.74, 6) is 0.158. The molecule has 3 aromatic rings. The highest BCUT2D eigenvalue weighted by Crippen LogP contribution is 2.35. The number of carbonyl (C=O) groups is 2. The Hall–Kier alpha value is -3.81. The van der Waals surface area contributed by atoms with Gasteiger partial charge in [-0.15, -0.1) is 0 Å². The number of aromatic hydroxyl groups is 1. The van der Waals surface area contributed by atoms with Crippen molar-refractivity contribution in [2.75, 3.05) is 7.11 Å². The zero-order valence-corrected chi connectivity index (χ0v) is 18.6. The fourth-order valence-electron chi connectivity index (χ4n) is 4.75. The lowest BCUT2D eigenvalue weighted by Gasteiger charge is -2.28. The summed E-state index contributed by atoms with van der Waals surface area (Å²) in [5, 5.41) is 17.4. The number of benzene rings is 2. The highest BCUT2D eigenvalue weighted by Gasteiger charge is 2.48. The van der Waals surface area contributed by atoms with Crippen LogP contribution in [-0.4, -0.2) is 40.5 Å². The molecule has 5 rings (SSSR count). The van der Waals surface area contributed by atoms with E-state index in [1.165, 1.54) is 0 Å². The van der Waals surface area contributed by atoms with Crippen LogP contribution in [0.25, 0.3) is 10.8 Å². The Balaban J connectivity index is 1.53. The van der Waals surface area contributed by atoms with Gasteiger partial charge in [-0.3, -0.25) is 15.1 Å². The van der Waals surface area contributed by atoms with Crippen LogP contribution in [0.5, 0.6) is 11.6 Å². The second-order valence-electron chi connectivity index (χ2n) is 8.74. The van der Waals surface area contributed by atoms with E-state index in [1.54, 1.807) is 30.0 Å². The predicted octanol–water partition coefficient (Wildman–Crippen LogP) is 3.45. The minimum absolute atomic E-state index is 0.000562. The van der Waals surface area contributed by atoms with Crippen molar-refractivity contribution in [2.24, 2.45) is 4.99 Å². The molecule has 0 aliphatic carbocycles. The van der Waals surface area contributed by atoms with Crippen molar-refractivity contribution < 1.29 is 19.4 Å². The molecule has 1 aromatic heterocycles. The molecule has 3 amide bonds. The summed E-state index contributed by atoms with van der Waals surface area (Å²) in [7, 11) is 1.56. The maximum atomic E-state index is 13.0. The molecule has 0 saturated carbocycles. The monoisotopic (exact) mass is 446 g/mol. The summed E-state index contributed by atoms with van der Waals surface area (Å²) >= 11 is 0. The third-order valence-corrected chi connectivity index (χ3v) is 6.54. The summed E-state index contributed by atoms with van der Waals surface area (Å²) in [6.07, 6.45) is 4.89. The smallest absolute Gasteiger partial charge is 0.322 e. The Bertz CT molecular complexity index is 1280. The van der Waals surface area contributed by atoms with E-state index in [9.17, 15) is 14.7 Å². The average molecular weight is 447 g/mol. The van der Waals surface area contributed by atoms with E-state index < -0.39 is 17.5 Å². The molecule has 8 heteroatoms. The number of imide groups is 1. The Labute approximate surface area is 191 Å². The van der Waals surface area contributed by atoms with Crippen LogP contribution >= 0.6 is 0 Å². The highest BCUT2D eigenvalue weighted by atomic mass is 16.5. The van der Waals surface area contributed by atoms with E-state index in [0.717, 1.165) is 35.9 Å². The molecular formula is C25H26N4O4. The van der Waals surface area contributed by atoms with E-state index in [2.05, 4.69) is 17.6 Å². The molecule has 3 heterocycles. The number of ether oxygens (including phenoxy) is 1. The predicted molar refractivity (Wildman–Crippen MR) is 125 cm³/mol. The van der Waals surface area contributed by atoms with Gasteiger partial charge in [0.2, 0.25) is 0 Å². The molecule has 0 spiro atoms. The molecule has 2 aromatic carbocycles. The molecule has 1 fully saturated rings. The number of nitrogens with zero attached hydrogens (tertiary/aromatic N) is 2.